The standard InChI is InChI=1S/C5H9B.C5H12/c6-5-3-1-2-4-5;1-5(2,3)4/h5H,1-4H2;1-4H3. The Morgan fingerprint density at radius 3 is 1.36 bits per heavy atom. The van der Waals surface area contributed by atoms with E-state index in [0.29, 0.717) is 11.2 Å². The molecule has 11 heavy (non-hydrogen) atoms. The third-order valence-electron chi connectivity index (χ3n) is 1.40. The molecule has 1 heteroatoms. The van der Waals surface area contributed by atoms with Crippen molar-refractivity contribution in [1.29, 1.82) is 0 Å². The molecule has 0 bridgehead atoms. The fourth-order valence-corrected chi connectivity index (χ4v) is 0.957. The minimum Gasteiger partial charge on any atom is -0.0774 e. The predicted molar refractivity (Wildman–Crippen MR) is 53.1 cm³/mol. The Morgan fingerprint density at radius 2 is 1.27 bits per heavy atom. The molecule has 0 unspecified atom stereocenters. The van der Waals surface area contributed by atoms with E-state index in [-0.39, 0.29) is 0 Å². The molecular weight excluding hydrogens is 131 g/mol. The van der Waals surface area contributed by atoms with Crippen molar-refractivity contribution >= 4 is 7.85 Å². The molecule has 1 saturated carbocycles. The average Bonchev–Trinajstić information content (AvgIpc) is 2.12. The maximum absolute atomic E-state index is 5.53. The van der Waals surface area contributed by atoms with Crippen LogP contribution in [0, 0.1) is 5.41 Å². The molecule has 0 saturated heterocycles. The zero-order valence-corrected chi connectivity index (χ0v) is 8.48. The molecule has 0 atom stereocenters. The van der Waals surface area contributed by atoms with E-state index in [0.717, 1.165) is 0 Å². The molecule has 0 spiro atoms. The van der Waals surface area contributed by atoms with Gasteiger partial charge in [-0.3, -0.25) is 0 Å². The Bertz CT molecular complexity index is 79.5. The van der Waals surface area contributed by atoms with Crippen molar-refractivity contribution in [3.63, 3.8) is 0 Å². The van der Waals surface area contributed by atoms with Gasteiger partial charge in [-0.25, -0.2) is 0 Å². The van der Waals surface area contributed by atoms with E-state index >= 15 is 0 Å². The molecule has 0 heterocycles. The van der Waals surface area contributed by atoms with E-state index in [4.69, 9.17) is 7.85 Å². The first-order chi connectivity index (χ1) is 4.89. The second-order valence-corrected chi connectivity index (χ2v) is 5.04. The minimum atomic E-state index is 0.500. The van der Waals surface area contributed by atoms with E-state index in [9.17, 15) is 0 Å². The second kappa shape index (κ2) is 4.85. The van der Waals surface area contributed by atoms with Crippen LogP contribution in [-0.4, -0.2) is 7.85 Å². The van der Waals surface area contributed by atoms with Gasteiger partial charge in [0.1, 0.15) is 0 Å². The van der Waals surface area contributed by atoms with Crippen molar-refractivity contribution < 1.29 is 0 Å². The summed E-state index contributed by atoms with van der Waals surface area (Å²) in [7, 11) is 5.53. The molecule has 0 aromatic carbocycles. The van der Waals surface area contributed by atoms with Crippen LogP contribution in [0.5, 0.6) is 0 Å². The van der Waals surface area contributed by atoms with Crippen LogP contribution in [-0.2, 0) is 0 Å². The van der Waals surface area contributed by atoms with Gasteiger partial charge < -0.3 is 0 Å². The lowest BCUT2D eigenvalue weighted by atomic mass is 9.86. The molecule has 0 N–H and O–H groups in total. The van der Waals surface area contributed by atoms with Gasteiger partial charge in [-0.2, -0.15) is 0 Å². The van der Waals surface area contributed by atoms with Crippen molar-refractivity contribution in [3.8, 4) is 0 Å². The van der Waals surface area contributed by atoms with Crippen LogP contribution in [0.15, 0.2) is 0 Å². The summed E-state index contributed by atoms with van der Waals surface area (Å²) in [6.45, 7) is 8.75. The zero-order chi connectivity index (χ0) is 8.91. The van der Waals surface area contributed by atoms with E-state index in [1.54, 1.807) is 0 Å². The Balaban J connectivity index is 0.000000187. The highest BCUT2D eigenvalue weighted by Crippen LogP contribution is 2.26. The topological polar surface area (TPSA) is 0 Å². The van der Waals surface area contributed by atoms with E-state index in [1.807, 2.05) is 0 Å². The van der Waals surface area contributed by atoms with Crippen molar-refractivity contribution in [3.05, 3.63) is 0 Å². The monoisotopic (exact) mass is 152 g/mol. The molecule has 1 aliphatic carbocycles. The highest BCUT2D eigenvalue weighted by Gasteiger charge is 2.06. The van der Waals surface area contributed by atoms with Gasteiger partial charge in [0.15, 0.2) is 0 Å². The van der Waals surface area contributed by atoms with Crippen molar-refractivity contribution in [1.82, 2.24) is 0 Å². The van der Waals surface area contributed by atoms with Gasteiger partial charge in [-0.15, -0.1) is 0 Å². The molecule has 0 aromatic rings. The van der Waals surface area contributed by atoms with Gasteiger partial charge in [0.25, 0.3) is 0 Å². The first-order valence-corrected chi connectivity index (χ1v) is 4.65. The molecule has 2 radical (unpaired) electrons. The Labute approximate surface area is 73.2 Å². The SMILES string of the molecule is CC(C)(C)C.[B]C1CCCC1. The summed E-state index contributed by atoms with van der Waals surface area (Å²) in [5.41, 5.74) is 0.500. The van der Waals surface area contributed by atoms with Gasteiger partial charge in [0.2, 0.25) is 0 Å². The summed E-state index contributed by atoms with van der Waals surface area (Å²) >= 11 is 0. The second-order valence-electron chi connectivity index (χ2n) is 5.04. The summed E-state index contributed by atoms with van der Waals surface area (Å²) in [5, 5.41) is 0. The van der Waals surface area contributed by atoms with Crippen molar-refractivity contribution in [2.24, 2.45) is 5.41 Å². The first kappa shape index (κ1) is 11.1. The third kappa shape index (κ3) is 13.1. The fourth-order valence-electron chi connectivity index (χ4n) is 0.957. The average molecular weight is 152 g/mol. The molecule has 0 aliphatic heterocycles. The molecular formula is C10H21B. The molecule has 64 valence electrons. The third-order valence-corrected chi connectivity index (χ3v) is 1.40. The molecule has 1 aliphatic rings. The van der Waals surface area contributed by atoms with Crippen LogP contribution >= 0.6 is 0 Å². The Hall–Kier alpha value is 0.0649. The molecule has 1 rings (SSSR count). The normalized spacial score (nSPS) is 19.3. The lowest BCUT2D eigenvalue weighted by Gasteiger charge is -2.05. The quantitative estimate of drug-likeness (QED) is 0.465. The molecule has 0 amide bonds. The fraction of sp³-hybridized carbons (Fsp3) is 1.00. The Kier molecular flexibility index (Phi) is 4.87. The first-order valence-electron chi connectivity index (χ1n) is 4.65. The van der Waals surface area contributed by atoms with Gasteiger partial charge in [0.05, 0.1) is 7.85 Å². The van der Waals surface area contributed by atoms with Crippen LogP contribution < -0.4 is 0 Å². The summed E-state index contributed by atoms with van der Waals surface area (Å²) in [6, 6.07) is 0. The summed E-state index contributed by atoms with van der Waals surface area (Å²) in [5.74, 6) is 0.546. The van der Waals surface area contributed by atoms with E-state index in [2.05, 4.69) is 27.7 Å². The molecule has 1 fully saturated rings. The largest absolute Gasteiger partial charge is 0.0774 e. The highest BCUT2D eigenvalue weighted by molar-refractivity contribution is 6.11. The maximum atomic E-state index is 5.53. The summed E-state index contributed by atoms with van der Waals surface area (Å²) in [6.07, 6.45) is 5.25. The van der Waals surface area contributed by atoms with Gasteiger partial charge in [0, 0.05) is 0 Å². The predicted octanol–water partition coefficient (Wildman–Crippen LogP) is 3.57. The van der Waals surface area contributed by atoms with E-state index in [1.165, 1.54) is 25.7 Å². The molecule has 0 aromatic heterocycles. The van der Waals surface area contributed by atoms with Gasteiger partial charge in [-0.05, 0) is 5.41 Å². The van der Waals surface area contributed by atoms with Crippen LogP contribution in [0.1, 0.15) is 53.4 Å². The van der Waals surface area contributed by atoms with Crippen LogP contribution in [0.3, 0.4) is 0 Å². The smallest absolute Gasteiger partial charge is 0.0699 e. The van der Waals surface area contributed by atoms with Gasteiger partial charge >= 0.3 is 0 Å². The summed E-state index contributed by atoms with van der Waals surface area (Å²) in [4.78, 5) is 0. The van der Waals surface area contributed by atoms with Crippen molar-refractivity contribution in [2.45, 2.75) is 59.2 Å². The number of hydrogen-bond donors (Lipinski definition) is 0. The van der Waals surface area contributed by atoms with Gasteiger partial charge in [-0.1, -0.05) is 59.2 Å². The van der Waals surface area contributed by atoms with Crippen LogP contribution in [0.25, 0.3) is 0 Å². The minimum absolute atomic E-state index is 0.500. The Morgan fingerprint density at radius 1 is 1.00 bits per heavy atom. The lowest BCUT2D eigenvalue weighted by molar-refractivity contribution is 0.469. The van der Waals surface area contributed by atoms with E-state index < -0.39 is 0 Å². The van der Waals surface area contributed by atoms with Crippen LogP contribution in [0.4, 0.5) is 0 Å². The lowest BCUT2D eigenvalue weighted by Crippen LogP contribution is -1.93. The maximum Gasteiger partial charge on any atom is 0.0699 e. The zero-order valence-electron chi connectivity index (χ0n) is 8.48. The number of rotatable bonds is 0. The molecule has 0 nitrogen and oxygen atoms in total. The van der Waals surface area contributed by atoms with Crippen LogP contribution in [0.2, 0.25) is 5.82 Å². The summed E-state index contributed by atoms with van der Waals surface area (Å²) < 4.78 is 0. The van der Waals surface area contributed by atoms with Crippen molar-refractivity contribution in [2.75, 3.05) is 0 Å². The highest BCUT2D eigenvalue weighted by atomic mass is 14.1. The number of hydrogen-bond acceptors (Lipinski definition) is 0.